The molecule has 0 fully saturated rings. The third-order valence-corrected chi connectivity index (χ3v) is 5.69. The molecule has 0 aliphatic rings. The number of benzene rings is 2. The normalized spacial score (nSPS) is 10.9. The van der Waals surface area contributed by atoms with Crippen molar-refractivity contribution >= 4 is 56.3 Å². The molecule has 0 aliphatic carbocycles. The summed E-state index contributed by atoms with van der Waals surface area (Å²) in [4.78, 5) is 21.7. The number of nitrogens with one attached hydrogen (secondary N) is 1. The summed E-state index contributed by atoms with van der Waals surface area (Å²) in [6.07, 6.45) is 1.43. The zero-order valence-electron chi connectivity index (χ0n) is 15.3. The number of halogens is 2. The molecule has 0 aliphatic heterocycles. The Hall–Kier alpha value is -2.67. The van der Waals surface area contributed by atoms with Crippen LogP contribution in [0.25, 0.3) is 21.3 Å². The molecular weight excluding hydrogens is 429 g/mol. The van der Waals surface area contributed by atoms with Crippen molar-refractivity contribution < 1.29 is 9.53 Å². The molecule has 5 nitrogen and oxygen atoms in total. The Morgan fingerprint density at radius 2 is 1.93 bits per heavy atom. The Kier molecular flexibility index (Phi) is 5.67. The van der Waals surface area contributed by atoms with Crippen LogP contribution in [0.15, 0.2) is 54.2 Å². The standard InChI is InChI=1S/C21H15Cl2N3O2S/c1-12-2-4-13(5-3-12)15-10-29-21-19(15)20(24-11-25-21)28-9-18(27)26-17-8-14(22)6-7-16(17)23/h2-8,10-11H,9H2,1H3,(H,26,27). The van der Waals surface area contributed by atoms with Crippen molar-refractivity contribution in [2.75, 3.05) is 11.9 Å². The van der Waals surface area contributed by atoms with Gasteiger partial charge in [0.25, 0.3) is 5.91 Å². The maximum absolute atomic E-state index is 12.3. The number of ether oxygens (including phenoxy) is 1. The minimum atomic E-state index is -0.368. The number of aromatic nitrogens is 2. The van der Waals surface area contributed by atoms with Gasteiger partial charge in [0, 0.05) is 16.0 Å². The second-order valence-electron chi connectivity index (χ2n) is 6.34. The molecule has 2 aromatic carbocycles. The summed E-state index contributed by atoms with van der Waals surface area (Å²) in [5, 5.41) is 6.37. The van der Waals surface area contributed by atoms with Crippen LogP contribution < -0.4 is 10.1 Å². The van der Waals surface area contributed by atoms with Gasteiger partial charge in [-0.2, -0.15) is 0 Å². The van der Waals surface area contributed by atoms with Crippen molar-refractivity contribution in [1.29, 1.82) is 0 Å². The van der Waals surface area contributed by atoms with E-state index in [0.717, 1.165) is 21.3 Å². The van der Waals surface area contributed by atoms with Gasteiger partial charge in [0.15, 0.2) is 6.61 Å². The third kappa shape index (κ3) is 4.34. The molecule has 2 heterocycles. The fourth-order valence-corrected chi connectivity index (χ4v) is 4.06. The summed E-state index contributed by atoms with van der Waals surface area (Å²) < 4.78 is 5.74. The number of anilines is 1. The molecule has 0 spiro atoms. The second-order valence-corrected chi connectivity index (χ2v) is 8.04. The summed E-state index contributed by atoms with van der Waals surface area (Å²) in [6, 6.07) is 13.0. The molecule has 2 aromatic heterocycles. The SMILES string of the molecule is Cc1ccc(-c2csc3ncnc(OCC(=O)Nc4cc(Cl)ccc4Cl)c23)cc1. The highest BCUT2D eigenvalue weighted by atomic mass is 35.5. The molecule has 146 valence electrons. The van der Waals surface area contributed by atoms with Crippen LogP contribution in [0.3, 0.4) is 0 Å². The molecule has 1 amide bonds. The van der Waals surface area contributed by atoms with Crippen LogP contribution in [0.1, 0.15) is 5.56 Å². The van der Waals surface area contributed by atoms with Crippen molar-refractivity contribution in [3.8, 4) is 17.0 Å². The van der Waals surface area contributed by atoms with E-state index < -0.39 is 0 Å². The van der Waals surface area contributed by atoms with E-state index in [9.17, 15) is 4.79 Å². The Morgan fingerprint density at radius 1 is 1.14 bits per heavy atom. The first-order chi connectivity index (χ1) is 14.0. The molecule has 4 rings (SSSR count). The Bertz CT molecular complexity index is 1190. The smallest absolute Gasteiger partial charge is 0.262 e. The first kappa shape index (κ1) is 19.6. The Morgan fingerprint density at radius 3 is 2.72 bits per heavy atom. The van der Waals surface area contributed by atoms with Gasteiger partial charge in [-0.25, -0.2) is 9.97 Å². The molecule has 8 heteroatoms. The van der Waals surface area contributed by atoms with E-state index in [-0.39, 0.29) is 12.5 Å². The number of carbonyl (C=O) groups is 1. The lowest BCUT2D eigenvalue weighted by Gasteiger charge is -2.10. The van der Waals surface area contributed by atoms with E-state index in [1.165, 1.54) is 23.2 Å². The number of fused-ring (bicyclic) bond motifs is 1. The molecule has 0 radical (unpaired) electrons. The summed E-state index contributed by atoms with van der Waals surface area (Å²) in [5.41, 5.74) is 3.62. The van der Waals surface area contributed by atoms with E-state index in [1.54, 1.807) is 18.2 Å². The third-order valence-electron chi connectivity index (χ3n) is 4.24. The van der Waals surface area contributed by atoms with Gasteiger partial charge in [-0.1, -0.05) is 53.0 Å². The van der Waals surface area contributed by atoms with Crippen molar-refractivity contribution in [2.24, 2.45) is 0 Å². The van der Waals surface area contributed by atoms with Crippen LogP contribution in [-0.2, 0) is 4.79 Å². The van der Waals surface area contributed by atoms with Gasteiger partial charge in [-0.3, -0.25) is 4.79 Å². The van der Waals surface area contributed by atoms with Crippen molar-refractivity contribution in [2.45, 2.75) is 6.92 Å². The maximum Gasteiger partial charge on any atom is 0.262 e. The van der Waals surface area contributed by atoms with Crippen LogP contribution in [0.2, 0.25) is 10.0 Å². The van der Waals surface area contributed by atoms with Crippen LogP contribution in [-0.4, -0.2) is 22.5 Å². The first-order valence-corrected chi connectivity index (χ1v) is 10.3. The second kappa shape index (κ2) is 8.37. The Labute approximate surface area is 181 Å². The van der Waals surface area contributed by atoms with Crippen LogP contribution in [0.5, 0.6) is 5.88 Å². The van der Waals surface area contributed by atoms with Gasteiger partial charge in [-0.15, -0.1) is 11.3 Å². The fourth-order valence-electron chi connectivity index (χ4n) is 2.82. The van der Waals surface area contributed by atoms with E-state index >= 15 is 0 Å². The summed E-state index contributed by atoms with van der Waals surface area (Å²) in [6.45, 7) is 1.82. The average Bonchev–Trinajstić information content (AvgIpc) is 3.14. The molecule has 4 aromatic rings. The predicted octanol–water partition coefficient (Wildman–Crippen LogP) is 5.99. The van der Waals surface area contributed by atoms with Crippen LogP contribution in [0, 0.1) is 6.92 Å². The number of hydrogen-bond acceptors (Lipinski definition) is 5. The highest BCUT2D eigenvalue weighted by Gasteiger charge is 2.16. The molecule has 0 atom stereocenters. The van der Waals surface area contributed by atoms with E-state index in [1.807, 2.05) is 36.6 Å². The Balaban J connectivity index is 1.56. The summed E-state index contributed by atoms with van der Waals surface area (Å²) in [7, 11) is 0. The number of rotatable bonds is 5. The lowest BCUT2D eigenvalue weighted by molar-refractivity contribution is -0.118. The topological polar surface area (TPSA) is 64.1 Å². The van der Waals surface area contributed by atoms with Gasteiger partial charge in [0.2, 0.25) is 5.88 Å². The highest BCUT2D eigenvalue weighted by Crippen LogP contribution is 2.37. The van der Waals surface area contributed by atoms with E-state index in [4.69, 9.17) is 27.9 Å². The average molecular weight is 444 g/mol. The highest BCUT2D eigenvalue weighted by molar-refractivity contribution is 7.17. The molecule has 0 unspecified atom stereocenters. The van der Waals surface area contributed by atoms with Gasteiger partial charge in [0.1, 0.15) is 11.2 Å². The minimum absolute atomic E-state index is 0.224. The predicted molar refractivity (Wildman–Crippen MR) is 118 cm³/mol. The zero-order valence-corrected chi connectivity index (χ0v) is 17.6. The molecule has 0 saturated heterocycles. The van der Waals surface area contributed by atoms with E-state index in [2.05, 4.69) is 15.3 Å². The van der Waals surface area contributed by atoms with Crippen molar-refractivity contribution in [3.05, 3.63) is 69.8 Å². The number of hydrogen-bond donors (Lipinski definition) is 1. The fraction of sp³-hybridized carbons (Fsp3) is 0.0952. The molecule has 0 bridgehead atoms. The number of aryl methyl sites for hydroxylation is 1. The van der Waals surface area contributed by atoms with Gasteiger partial charge >= 0.3 is 0 Å². The first-order valence-electron chi connectivity index (χ1n) is 8.68. The number of amides is 1. The number of thiophene rings is 1. The molecule has 29 heavy (non-hydrogen) atoms. The van der Waals surface area contributed by atoms with Gasteiger partial charge < -0.3 is 10.1 Å². The van der Waals surface area contributed by atoms with Gasteiger partial charge in [0.05, 0.1) is 16.1 Å². The minimum Gasteiger partial charge on any atom is -0.467 e. The number of carbonyl (C=O) groups excluding carboxylic acids is 1. The molecule has 1 N–H and O–H groups in total. The maximum atomic E-state index is 12.3. The molecule has 0 saturated carbocycles. The van der Waals surface area contributed by atoms with Gasteiger partial charge in [-0.05, 0) is 30.7 Å². The van der Waals surface area contributed by atoms with Crippen molar-refractivity contribution in [1.82, 2.24) is 9.97 Å². The van der Waals surface area contributed by atoms with Crippen LogP contribution in [0.4, 0.5) is 5.69 Å². The lowest BCUT2D eigenvalue weighted by atomic mass is 10.0. The van der Waals surface area contributed by atoms with Crippen LogP contribution >= 0.6 is 34.5 Å². The zero-order chi connectivity index (χ0) is 20.4. The largest absolute Gasteiger partial charge is 0.467 e. The molecular formula is C21H15Cl2N3O2S. The van der Waals surface area contributed by atoms with E-state index in [0.29, 0.717) is 21.6 Å². The number of nitrogens with zero attached hydrogens (tertiary/aromatic N) is 2. The lowest BCUT2D eigenvalue weighted by Crippen LogP contribution is -2.20. The quantitative estimate of drug-likeness (QED) is 0.411. The summed E-state index contributed by atoms with van der Waals surface area (Å²) in [5.74, 6) is -0.00721. The van der Waals surface area contributed by atoms with Crippen molar-refractivity contribution in [3.63, 3.8) is 0 Å². The summed E-state index contributed by atoms with van der Waals surface area (Å²) >= 11 is 13.5. The monoisotopic (exact) mass is 443 g/mol.